The molecule has 2 bridgehead atoms. The van der Waals surface area contributed by atoms with Crippen molar-refractivity contribution in [2.45, 2.75) is 55.1 Å². The number of aromatic nitrogens is 2. The fraction of sp³-hybridized carbons (Fsp3) is 0.542. The van der Waals surface area contributed by atoms with Crippen LogP contribution in [0.5, 0.6) is 5.75 Å². The summed E-state index contributed by atoms with van der Waals surface area (Å²) in [5, 5.41) is 18.4. The molecule has 3 aliphatic carbocycles. The van der Waals surface area contributed by atoms with Crippen LogP contribution in [-0.2, 0) is 15.1 Å². The van der Waals surface area contributed by atoms with Gasteiger partial charge in [0.05, 0.1) is 36.6 Å². The number of halogens is 4. The number of rotatable bonds is 5. The van der Waals surface area contributed by atoms with Gasteiger partial charge in [-0.2, -0.15) is 18.3 Å². The van der Waals surface area contributed by atoms with Crippen LogP contribution in [0.3, 0.4) is 0 Å². The second kappa shape index (κ2) is 8.34. The number of piperazine rings is 1. The van der Waals surface area contributed by atoms with Crippen molar-refractivity contribution in [3.63, 3.8) is 0 Å². The van der Waals surface area contributed by atoms with Gasteiger partial charge in [-0.05, 0) is 37.5 Å². The summed E-state index contributed by atoms with van der Waals surface area (Å²) in [7, 11) is 0. The third-order valence-corrected chi connectivity index (χ3v) is 8.02. The van der Waals surface area contributed by atoms with Crippen molar-refractivity contribution >= 4 is 29.1 Å². The molecule has 2 amide bonds. The Kier molecular flexibility index (Phi) is 5.52. The molecule has 0 spiro atoms. The van der Waals surface area contributed by atoms with E-state index in [4.69, 9.17) is 16.3 Å². The second-order valence-corrected chi connectivity index (χ2v) is 11.0. The highest BCUT2D eigenvalue weighted by molar-refractivity contribution is 6.30. The van der Waals surface area contributed by atoms with Crippen molar-refractivity contribution in [2.75, 3.05) is 31.1 Å². The molecule has 37 heavy (non-hydrogen) atoms. The Labute approximate surface area is 215 Å². The van der Waals surface area contributed by atoms with Crippen molar-refractivity contribution in [1.82, 2.24) is 20.0 Å². The van der Waals surface area contributed by atoms with Gasteiger partial charge >= 0.3 is 6.18 Å². The fourth-order valence-electron chi connectivity index (χ4n) is 6.13. The molecular formula is C24H25ClF3N5O4. The van der Waals surface area contributed by atoms with Gasteiger partial charge in [-0.15, -0.1) is 0 Å². The highest BCUT2D eigenvalue weighted by Crippen LogP contribution is 2.65. The Morgan fingerprint density at radius 1 is 1.27 bits per heavy atom. The molecule has 2 aromatic rings. The van der Waals surface area contributed by atoms with Crippen molar-refractivity contribution < 1.29 is 32.6 Å². The molecule has 7 rings (SSSR count). The summed E-state index contributed by atoms with van der Waals surface area (Å²) < 4.78 is 45.6. The number of fused-ring (bicyclic) bond motifs is 1. The molecule has 198 valence electrons. The molecule has 0 radical (unpaired) electrons. The van der Waals surface area contributed by atoms with Crippen molar-refractivity contribution in [3.05, 3.63) is 41.2 Å². The lowest BCUT2D eigenvalue weighted by atomic mass is 9.44. The fourth-order valence-corrected chi connectivity index (χ4v) is 6.31. The Morgan fingerprint density at radius 2 is 2.03 bits per heavy atom. The summed E-state index contributed by atoms with van der Waals surface area (Å²) in [4.78, 5) is 28.0. The van der Waals surface area contributed by atoms with Crippen LogP contribution in [0.1, 0.15) is 37.4 Å². The molecule has 3 heterocycles. The van der Waals surface area contributed by atoms with Crippen molar-refractivity contribution in [1.29, 1.82) is 0 Å². The van der Waals surface area contributed by atoms with E-state index < -0.39 is 30.8 Å². The second-order valence-electron chi connectivity index (χ2n) is 10.6. The monoisotopic (exact) mass is 539 g/mol. The number of carbonyl (C=O) groups is 2. The van der Waals surface area contributed by atoms with E-state index in [0.717, 1.165) is 4.90 Å². The lowest BCUT2D eigenvalue weighted by Gasteiger charge is -2.70. The van der Waals surface area contributed by atoms with Gasteiger partial charge in [0.1, 0.15) is 5.75 Å². The number of aliphatic hydroxyl groups is 1. The molecule has 5 aliphatic rings. The molecule has 13 heteroatoms. The molecule has 1 aromatic heterocycles. The molecular weight excluding hydrogens is 515 g/mol. The van der Waals surface area contributed by atoms with E-state index in [0.29, 0.717) is 41.3 Å². The summed E-state index contributed by atoms with van der Waals surface area (Å²) in [6, 6.07) is 4.92. The number of aliphatic hydroxyl groups excluding tert-OH is 1. The van der Waals surface area contributed by atoms with Crippen molar-refractivity contribution in [3.8, 4) is 5.75 Å². The zero-order valence-electron chi connectivity index (χ0n) is 19.7. The largest absolute Gasteiger partial charge is 0.480 e. The minimum atomic E-state index is -4.34. The number of benzene rings is 1. The van der Waals surface area contributed by atoms with E-state index >= 15 is 0 Å². The number of alkyl halides is 3. The normalized spacial score (nSPS) is 31.2. The average Bonchev–Trinajstić information content (AvgIpc) is 3.24. The van der Waals surface area contributed by atoms with Gasteiger partial charge in [-0.25, -0.2) is 0 Å². The van der Waals surface area contributed by atoms with Crippen LogP contribution in [0, 0.1) is 0 Å². The molecule has 2 atom stereocenters. The van der Waals surface area contributed by atoms with E-state index in [2.05, 4.69) is 10.4 Å². The number of anilines is 1. The standard InChI is InChI=1S/C24H25ClF3N5O4/c25-14-1-2-18-16(5-14)17(34)6-19(37-18)21(36)30-22-10-23(11-22,12-22)33-8-15(7-29-33)32-4-3-31(9-20(32)35)13-24(26,27)28/h1-2,5,7-8,17,19,34H,3-4,6,9-13H2,(H,30,36)/t17-,19-,22?,23?/m1/s1. The first-order chi connectivity index (χ1) is 17.4. The number of nitrogens with zero attached hydrogens (tertiary/aromatic N) is 4. The van der Waals surface area contributed by atoms with E-state index in [-0.39, 0.29) is 43.0 Å². The molecule has 1 aromatic carbocycles. The van der Waals surface area contributed by atoms with Gasteiger partial charge < -0.3 is 20.1 Å². The van der Waals surface area contributed by atoms with Gasteiger partial charge in [0.25, 0.3) is 5.91 Å². The number of amides is 2. The van der Waals surface area contributed by atoms with Crippen LogP contribution >= 0.6 is 11.6 Å². The first kappa shape index (κ1) is 24.5. The lowest BCUT2D eigenvalue weighted by Crippen LogP contribution is -2.79. The summed E-state index contributed by atoms with van der Waals surface area (Å²) in [5.41, 5.74) is 0.498. The van der Waals surface area contributed by atoms with Crippen LogP contribution < -0.4 is 15.0 Å². The Hall–Kier alpha value is -2.83. The maximum atomic E-state index is 12.9. The highest BCUT2D eigenvalue weighted by atomic mass is 35.5. The Morgan fingerprint density at radius 3 is 2.73 bits per heavy atom. The summed E-state index contributed by atoms with van der Waals surface area (Å²) >= 11 is 5.99. The van der Waals surface area contributed by atoms with Crippen LogP contribution in [0.2, 0.25) is 5.02 Å². The van der Waals surface area contributed by atoms with Crippen LogP contribution in [0.25, 0.3) is 0 Å². The molecule has 2 N–H and O–H groups in total. The van der Waals surface area contributed by atoms with Gasteiger partial charge in [0.2, 0.25) is 5.91 Å². The molecule has 2 aliphatic heterocycles. The topological polar surface area (TPSA) is 99.9 Å². The van der Waals surface area contributed by atoms with Gasteiger partial charge in [-0.1, -0.05) is 11.6 Å². The third-order valence-electron chi connectivity index (χ3n) is 7.79. The molecule has 9 nitrogen and oxygen atoms in total. The Bertz CT molecular complexity index is 1250. The minimum Gasteiger partial charge on any atom is -0.480 e. The number of hydrogen-bond donors (Lipinski definition) is 2. The average molecular weight is 540 g/mol. The molecule has 1 saturated heterocycles. The quantitative estimate of drug-likeness (QED) is 0.605. The number of hydrogen-bond acceptors (Lipinski definition) is 6. The van der Waals surface area contributed by atoms with E-state index in [1.165, 1.54) is 4.90 Å². The number of ether oxygens (including phenoxy) is 1. The first-order valence-electron chi connectivity index (χ1n) is 12.1. The third kappa shape index (κ3) is 4.34. The van der Waals surface area contributed by atoms with Crippen LogP contribution in [-0.4, -0.2) is 75.6 Å². The first-order valence-corrected chi connectivity index (χ1v) is 12.4. The SMILES string of the molecule is O=C(NC12CC(n3cc(N4CCN(CC(F)(F)F)CC4=O)cn3)(C1)C2)[C@H]1C[C@@H](O)c2cc(Cl)ccc2O1. The van der Waals surface area contributed by atoms with Crippen LogP contribution in [0.15, 0.2) is 30.6 Å². The zero-order valence-corrected chi connectivity index (χ0v) is 20.4. The highest BCUT2D eigenvalue weighted by Gasteiger charge is 2.70. The summed E-state index contributed by atoms with van der Waals surface area (Å²) in [6.45, 7) is -1.10. The zero-order chi connectivity index (χ0) is 26.2. The van der Waals surface area contributed by atoms with E-state index in [1.807, 2.05) is 0 Å². The van der Waals surface area contributed by atoms with E-state index in [9.17, 15) is 27.9 Å². The number of carbonyl (C=O) groups excluding carboxylic acids is 2. The minimum absolute atomic E-state index is 0.131. The maximum absolute atomic E-state index is 12.9. The Balaban J connectivity index is 1.04. The number of nitrogens with one attached hydrogen (secondary N) is 1. The van der Waals surface area contributed by atoms with Crippen LogP contribution in [0.4, 0.5) is 18.9 Å². The predicted molar refractivity (Wildman–Crippen MR) is 125 cm³/mol. The molecule has 0 unspecified atom stereocenters. The predicted octanol–water partition coefficient (Wildman–Crippen LogP) is 2.38. The van der Waals surface area contributed by atoms with Gasteiger partial charge in [0, 0.05) is 41.8 Å². The summed E-state index contributed by atoms with van der Waals surface area (Å²) in [6.07, 6.45) is -0.553. The molecule has 3 saturated carbocycles. The maximum Gasteiger partial charge on any atom is 0.401 e. The van der Waals surface area contributed by atoms with Gasteiger partial charge in [-0.3, -0.25) is 19.2 Å². The van der Waals surface area contributed by atoms with E-state index in [1.54, 1.807) is 35.3 Å². The molecule has 4 fully saturated rings. The van der Waals surface area contributed by atoms with Gasteiger partial charge in [0.15, 0.2) is 6.10 Å². The summed E-state index contributed by atoms with van der Waals surface area (Å²) in [5.74, 6) is -0.235. The van der Waals surface area contributed by atoms with Crippen molar-refractivity contribution in [2.24, 2.45) is 0 Å². The smallest absolute Gasteiger partial charge is 0.401 e. The lowest BCUT2D eigenvalue weighted by molar-refractivity contribution is -0.165.